The van der Waals surface area contributed by atoms with E-state index < -0.39 is 17.8 Å². The lowest BCUT2D eigenvalue weighted by atomic mass is 10.1. The molecule has 2 rings (SSSR count). The molecule has 1 N–H and O–H groups in total. The summed E-state index contributed by atoms with van der Waals surface area (Å²) >= 11 is 0. The number of likely N-dealkylation sites (N-methyl/N-ethyl adjacent to an activating group) is 1. The summed E-state index contributed by atoms with van der Waals surface area (Å²) in [4.78, 5) is 35.5. The maximum absolute atomic E-state index is 11.8. The third-order valence-electron chi connectivity index (χ3n) is 2.73. The third-order valence-corrected chi connectivity index (χ3v) is 2.73. The highest BCUT2D eigenvalue weighted by molar-refractivity contribution is 6.30. The second-order valence-electron chi connectivity index (χ2n) is 3.95. The van der Waals surface area contributed by atoms with E-state index in [0.717, 1.165) is 4.90 Å². The summed E-state index contributed by atoms with van der Waals surface area (Å²) in [5.74, 6) is -0.637. The van der Waals surface area contributed by atoms with Crippen molar-refractivity contribution in [2.75, 3.05) is 14.2 Å². The van der Waals surface area contributed by atoms with Crippen molar-refractivity contribution in [2.45, 2.75) is 0 Å². The molecule has 1 fully saturated rings. The summed E-state index contributed by atoms with van der Waals surface area (Å²) in [5.41, 5.74) is 0.592. The van der Waals surface area contributed by atoms with Crippen LogP contribution in [0, 0.1) is 0 Å². The van der Waals surface area contributed by atoms with Gasteiger partial charge in [-0.05, 0) is 23.8 Å². The number of benzene rings is 1. The van der Waals surface area contributed by atoms with Crippen LogP contribution in [0.2, 0.25) is 0 Å². The van der Waals surface area contributed by atoms with E-state index in [-0.39, 0.29) is 5.57 Å². The van der Waals surface area contributed by atoms with E-state index in [1.807, 2.05) is 0 Å². The highest BCUT2D eigenvalue weighted by Crippen LogP contribution is 2.16. The van der Waals surface area contributed by atoms with Crippen molar-refractivity contribution in [3.63, 3.8) is 0 Å². The van der Waals surface area contributed by atoms with Gasteiger partial charge in [0.05, 0.1) is 7.11 Å². The van der Waals surface area contributed by atoms with E-state index in [9.17, 15) is 14.4 Å². The summed E-state index contributed by atoms with van der Waals surface area (Å²) in [6, 6.07) is 6.13. The first-order valence-electron chi connectivity index (χ1n) is 5.52. The smallest absolute Gasteiger partial charge is 0.331 e. The van der Waals surface area contributed by atoms with E-state index in [4.69, 9.17) is 4.74 Å². The van der Waals surface area contributed by atoms with Crippen LogP contribution in [0.25, 0.3) is 6.08 Å². The first kappa shape index (κ1) is 12.8. The Morgan fingerprint density at radius 3 is 2.37 bits per heavy atom. The average Bonchev–Trinajstić information content (AvgIpc) is 2.42. The molecule has 4 amide bonds. The van der Waals surface area contributed by atoms with Crippen molar-refractivity contribution in [2.24, 2.45) is 0 Å². The van der Waals surface area contributed by atoms with Gasteiger partial charge in [0.15, 0.2) is 0 Å². The van der Waals surface area contributed by atoms with Crippen LogP contribution in [0.1, 0.15) is 5.56 Å². The number of hydrogen-bond donors (Lipinski definition) is 1. The molecule has 1 aromatic rings. The van der Waals surface area contributed by atoms with Gasteiger partial charge in [0.1, 0.15) is 11.3 Å². The summed E-state index contributed by atoms with van der Waals surface area (Å²) < 4.78 is 5.01. The van der Waals surface area contributed by atoms with Gasteiger partial charge in [-0.3, -0.25) is 19.8 Å². The lowest BCUT2D eigenvalue weighted by Gasteiger charge is -2.22. The first-order valence-corrected chi connectivity index (χ1v) is 5.52. The second kappa shape index (κ2) is 4.93. The largest absolute Gasteiger partial charge is 0.497 e. The zero-order valence-corrected chi connectivity index (χ0v) is 10.5. The monoisotopic (exact) mass is 260 g/mol. The summed E-state index contributed by atoms with van der Waals surface area (Å²) in [5, 5.41) is 2.09. The summed E-state index contributed by atoms with van der Waals surface area (Å²) in [6.07, 6.45) is 1.43. The molecule has 0 unspecified atom stereocenters. The zero-order valence-electron chi connectivity index (χ0n) is 10.5. The Kier molecular flexibility index (Phi) is 3.33. The maximum Gasteiger partial charge on any atom is 0.331 e. The molecular weight excluding hydrogens is 248 g/mol. The molecule has 1 aliphatic rings. The van der Waals surface area contributed by atoms with Gasteiger partial charge in [-0.1, -0.05) is 12.1 Å². The SMILES string of the molecule is COc1ccc(/C=C2/C(=O)NC(=O)N(C)C2=O)cc1. The number of nitrogens with zero attached hydrogens (tertiary/aromatic N) is 1. The van der Waals surface area contributed by atoms with Gasteiger partial charge < -0.3 is 4.74 Å². The number of imide groups is 2. The van der Waals surface area contributed by atoms with E-state index in [1.165, 1.54) is 13.1 Å². The fraction of sp³-hybridized carbons (Fsp3) is 0.154. The number of rotatable bonds is 2. The van der Waals surface area contributed by atoms with Gasteiger partial charge in [0.2, 0.25) is 0 Å². The Labute approximate surface area is 109 Å². The number of carbonyl (C=O) groups is 3. The first-order chi connectivity index (χ1) is 9.02. The van der Waals surface area contributed by atoms with Crippen molar-refractivity contribution in [3.05, 3.63) is 35.4 Å². The van der Waals surface area contributed by atoms with Crippen molar-refractivity contribution in [1.82, 2.24) is 10.2 Å². The van der Waals surface area contributed by atoms with Gasteiger partial charge in [-0.15, -0.1) is 0 Å². The predicted octanol–water partition coefficient (Wildman–Crippen LogP) is 0.787. The van der Waals surface area contributed by atoms with E-state index in [0.29, 0.717) is 11.3 Å². The molecule has 1 saturated heterocycles. The number of methoxy groups -OCH3 is 1. The van der Waals surface area contributed by atoms with Crippen LogP contribution < -0.4 is 10.1 Å². The van der Waals surface area contributed by atoms with Gasteiger partial charge in [0, 0.05) is 7.05 Å². The number of urea groups is 1. The molecule has 1 heterocycles. The molecule has 6 heteroatoms. The third kappa shape index (κ3) is 2.47. The summed E-state index contributed by atoms with van der Waals surface area (Å²) in [7, 11) is 2.86. The molecule has 0 spiro atoms. The molecule has 0 aromatic heterocycles. The highest BCUT2D eigenvalue weighted by Gasteiger charge is 2.32. The molecular formula is C13H12N2O4. The Morgan fingerprint density at radius 1 is 1.16 bits per heavy atom. The van der Waals surface area contributed by atoms with E-state index >= 15 is 0 Å². The minimum Gasteiger partial charge on any atom is -0.497 e. The molecule has 98 valence electrons. The molecule has 0 radical (unpaired) electrons. The Balaban J connectivity index is 2.33. The van der Waals surface area contributed by atoms with Crippen LogP contribution in [0.4, 0.5) is 4.79 Å². The summed E-state index contributed by atoms with van der Waals surface area (Å²) in [6.45, 7) is 0. The number of barbiturate groups is 1. The second-order valence-corrected chi connectivity index (χ2v) is 3.95. The molecule has 1 aliphatic heterocycles. The standard InChI is InChI=1S/C13H12N2O4/c1-15-12(17)10(11(16)14-13(15)18)7-8-3-5-9(19-2)6-4-8/h3-7H,1-2H3,(H,14,16,18)/b10-7-. The van der Waals surface area contributed by atoms with Crippen molar-refractivity contribution >= 4 is 23.9 Å². The van der Waals surface area contributed by atoms with Crippen LogP contribution in [0.15, 0.2) is 29.8 Å². The van der Waals surface area contributed by atoms with Crippen molar-refractivity contribution in [3.8, 4) is 5.75 Å². The Hall–Kier alpha value is -2.63. The van der Waals surface area contributed by atoms with Crippen molar-refractivity contribution in [1.29, 1.82) is 0 Å². The number of amides is 4. The zero-order chi connectivity index (χ0) is 14.0. The van der Waals surface area contributed by atoms with Gasteiger partial charge in [-0.25, -0.2) is 4.79 Å². The number of nitrogens with one attached hydrogen (secondary N) is 1. The molecule has 1 aromatic carbocycles. The Morgan fingerprint density at radius 2 is 1.79 bits per heavy atom. The molecule has 6 nitrogen and oxygen atoms in total. The number of ether oxygens (including phenoxy) is 1. The van der Waals surface area contributed by atoms with E-state index in [2.05, 4.69) is 5.32 Å². The maximum atomic E-state index is 11.8. The molecule has 19 heavy (non-hydrogen) atoms. The molecule has 0 aliphatic carbocycles. The van der Waals surface area contributed by atoms with Gasteiger partial charge in [0.25, 0.3) is 11.8 Å². The van der Waals surface area contributed by atoms with Crippen LogP contribution in [-0.4, -0.2) is 36.9 Å². The van der Waals surface area contributed by atoms with Gasteiger partial charge in [-0.2, -0.15) is 0 Å². The van der Waals surface area contributed by atoms with E-state index in [1.54, 1.807) is 31.4 Å². The van der Waals surface area contributed by atoms with Gasteiger partial charge >= 0.3 is 6.03 Å². The fourth-order valence-electron chi connectivity index (χ4n) is 1.61. The van der Waals surface area contributed by atoms with Crippen LogP contribution in [0.3, 0.4) is 0 Å². The molecule has 0 bridgehead atoms. The lowest BCUT2D eigenvalue weighted by Crippen LogP contribution is -2.52. The van der Waals surface area contributed by atoms with Crippen molar-refractivity contribution < 1.29 is 19.1 Å². The highest BCUT2D eigenvalue weighted by atomic mass is 16.5. The predicted molar refractivity (Wildman–Crippen MR) is 67.3 cm³/mol. The van der Waals surface area contributed by atoms with Crippen LogP contribution in [-0.2, 0) is 9.59 Å². The minimum atomic E-state index is -0.720. The fourth-order valence-corrected chi connectivity index (χ4v) is 1.61. The Bertz CT molecular complexity index is 575. The lowest BCUT2D eigenvalue weighted by molar-refractivity contribution is -0.129. The van der Waals surface area contributed by atoms with Crippen LogP contribution in [0.5, 0.6) is 5.75 Å². The quantitative estimate of drug-likeness (QED) is 0.630. The number of hydrogen-bond acceptors (Lipinski definition) is 4. The topological polar surface area (TPSA) is 75.7 Å². The average molecular weight is 260 g/mol. The molecule has 0 atom stereocenters. The normalized spacial score (nSPS) is 17.7. The number of carbonyl (C=O) groups excluding carboxylic acids is 3. The van der Waals surface area contributed by atoms with Crippen LogP contribution >= 0.6 is 0 Å². The molecule has 0 saturated carbocycles. The minimum absolute atomic E-state index is 0.0766.